The first-order valence-corrected chi connectivity index (χ1v) is 5.33. The highest BCUT2D eigenvalue weighted by atomic mass is 15.0. The number of hydrogen-bond donors (Lipinski definition) is 1. The summed E-state index contributed by atoms with van der Waals surface area (Å²) >= 11 is 0. The third kappa shape index (κ3) is 2.69. The van der Waals surface area contributed by atoms with E-state index in [9.17, 15) is 0 Å². The molecular weight excluding hydrogens is 184 g/mol. The molecule has 0 fully saturated rings. The van der Waals surface area contributed by atoms with Gasteiger partial charge in [0.25, 0.3) is 0 Å². The van der Waals surface area contributed by atoms with Gasteiger partial charge in [-0.2, -0.15) is 0 Å². The molecule has 0 spiro atoms. The van der Waals surface area contributed by atoms with Crippen molar-refractivity contribution in [1.29, 1.82) is 0 Å². The number of allylic oxidation sites excluding steroid dienone is 1. The van der Waals surface area contributed by atoms with Crippen molar-refractivity contribution in [1.82, 2.24) is 5.32 Å². The maximum absolute atomic E-state index is 4.23. The molecule has 78 valence electrons. The molecule has 1 N–H and O–H groups in total. The molecule has 1 aromatic carbocycles. The van der Waals surface area contributed by atoms with Crippen LogP contribution in [-0.4, -0.2) is 12.9 Å². The average molecular weight is 200 g/mol. The number of hydrogen-bond acceptors (Lipinski definition) is 2. The van der Waals surface area contributed by atoms with E-state index in [4.69, 9.17) is 0 Å². The minimum atomic E-state index is 0.853. The molecule has 2 rings (SSSR count). The Bertz CT molecular complexity index is 377. The third-order valence-corrected chi connectivity index (χ3v) is 2.74. The first-order valence-electron chi connectivity index (χ1n) is 5.33. The maximum atomic E-state index is 4.23. The Balaban J connectivity index is 1.94. The Morgan fingerprint density at radius 3 is 2.73 bits per heavy atom. The van der Waals surface area contributed by atoms with Crippen molar-refractivity contribution in [2.45, 2.75) is 19.8 Å². The Morgan fingerprint density at radius 2 is 2.00 bits per heavy atom. The number of aliphatic imine (C=N–C) groups is 1. The lowest BCUT2D eigenvalue weighted by Gasteiger charge is -2.14. The summed E-state index contributed by atoms with van der Waals surface area (Å²) in [5.74, 6) is 0. The molecule has 0 saturated heterocycles. The molecule has 0 radical (unpaired) electrons. The van der Waals surface area contributed by atoms with Gasteiger partial charge < -0.3 is 5.32 Å². The third-order valence-electron chi connectivity index (χ3n) is 2.74. The molecule has 0 aromatic heterocycles. The number of aryl methyl sites for hydroxylation is 1. The highest BCUT2D eigenvalue weighted by molar-refractivity contribution is 5.59. The topological polar surface area (TPSA) is 24.4 Å². The second-order valence-electron chi connectivity index (χ2n) is 3.83. The maximum Gasteiger partial charge on any atom is 0.0869 e. The second kappa shape index (κ2) is 4.78. The monoisotopic (exact) mass is 200 g/mol. The minimum Gasteiger partial charge on any atom is -0.350 e. The molecule has 0 bridgehead atoms. The fraction of sp³-hybridized carbons (Fsp3) is 0.308. The predicted molar refractivity (Wildman–Crippen MR) is 64.0 cm³/mol. The van der Waals surface area contributed by atoms with E-state index >= 15 is 0 Å². The molecule has 0 aliphatic carbocycles. The van der Waals surface area contributed by atoms with Gasteiger partial charge >= 0.3 is 0 Å². The van der Waals surface area contributed by atoms with Gasteiger partial charge in [-0.15, -0.1) is 0 Å². The molecule has 0 unspecified atom stereocenters. The summed E-state index contributed by atoms with van der Waals surface area (Å²) in [6.07, 6.45) is 3.98. The van der Waals surface area contributed by atoms with Crippen LogP contribution >= 0.6 is 0 Å². The molecule has 1 aliphatic rings. The molecule has 15 heavy (non-hydrogen) atoms. The van der Waals surface area contributed by atoms with Crippen LogP contribution in [0.2, 0.25) is 0 Å². The van der Waals surface area contributed by atoms with Gasteiger partial charge in [-0.3, -0.25) is 4.99 Å². The van der Waals surface area contributed by atoms with E-state index in [1.54, 1.807) is 6.34 Å². The minimum absolute atomic E-state index is 0.853. The summed E-state index contributed by atoms with van der Waals surface area (Å²) in [5, 5.41) is 3.16. The first-order chi connectivity index (χ1) is 7.36. The zero-order valence-electron chi connectivity index (χ0n) is 9.03. The largest absolute Gasteiger partial charge is 0.350 e. The second-order valence-corrected chi connectivity index (χ2v) is 3.83. The average Bonchev–Trinajstić information content (AvgIpc) is 2.29. The van der Waals surface area contributed by atoms with Crippen LogP contribution in [0.25, 0.3) is 0 Å². The van der Waals surface area contributed by atoms with Gasteiger partial charge in [0.2, 0.25) is 0 Å². The van der Waals surface area contributed by atoms with Crippen molar-refractivity contribution in [2.24, 2.45) is 4.99 Å². The van der Waals surface area contributed by atoms with E-state index in [1.165, 1.54) is 16.8 Å². The Labute approximate surface area is 90.7 Å². The van der Waals surface area contributed by atoms with Crippen LogP contribution in [0.5, 0.6) is 0 Å². The summed E-state index contributed by atoms with van der Waals surface area (Å²) in [4.78, 5) is 4.23. The normalized spacial score (nSPS) is 15.3. The van der Waals surface area contributed by atoms with E-state index in [0.717, 1.165) is 19.4 Å². The van der Waals surface area contributed by atoms with E-state index in [1.807, 2.05) is 0 Å². The van der Waals surface area contributed by atoms with Gasteiger partial charge in [0.15, 0.2) is 0 Å². The molecule has 2 nitrogen and oxygen atoms in total. The molecule has 2 heteroatoms. The van der Waals surface area contributed by atoms with Gasteiger partial charge in [-0.05, 0) is 30.9 Å². The van der Waals surface area contributed by atoms with Gasteiger partial charge in [0.05, 0.1) is 12.9 Å². The zero-order valence-corrected chi connectivity index (χ0v) is 9.03. The van der Waals surface area contributed by atoms with Crippen molar-refractivity contribution < 1.29 is 0 Å². The fourth-order valence-electron chi connectivity index (χ4n) is 1.73. The van der Waals surface area contributed by atoms with Crippen molar-refractivity contribution in [3.8, 4) is 0 Å². The van der Waals surface area contributed by atoms with Crippen molar-refractivity contribution in [3.63, 3.8) is 0 Å². The van der Waals surface area contributed by atoms with Crippen LogP contribution < -0.4 is 5.32 Å². The summed E-state index contributed by atoms with van der Waals surface area (Å²) in [6, 6.07) is 10.6. The van der Waals surface area contributed by atoms with Crippen LogP contribution in [0, 0.1) is 0 Å². The Morgan fingerprint density at radius 1 is 1.20 bits per heavy atom. The standard InChI is InChI=1S/C13H16N2/c1-11-13(9-14-10-15-11)8-7-12-5-3-2-4-6-12/h2-6,10H,7-9H2,1H3,(H,14,15). The van der Waals surface area contributed by atoms with Crippen LogP contribution in [0.3, 0.4) is 0 Å². The predicted octanol–water partition coefficient (Wildman–Crippen LogP) is 2.52. The highest BCUT2D eigenvalue weighted by Crippen LogP contribution is 2.13. The smallest absolute Gasteiger partial charge is 0.0869 e. The fourth-order valence-corrected chi connectivity index (χ4v) is 1.73. The molecule has 1 aliphatic heterocycles. The van der Waals surface area contributed by atoms with Crippen molar-refractivity contribution in [3.05, 3.63) is 47.2 Å². The molecular formula is C13H16N2. The molecule has 1 aromatic rings. The van der Waals surface area contributed by atoms with Crippen molar-refractivity contribution in [2.75, 3.05) is 6.54 Å². The van der Waals surface area contributed by atoms with E-state index in [0.29, 0.717) is 0 Å². The SMILES string of the molecule is CC1=C(CCc2ccccc2)CN=CN1. The number of nitrogens with zero attached hydrogens (tertiary/aromatic N) is 1. The highest BCUT2D eigenvalue weighted by Gasteiger charge is 2.05. The summed E-state index contributed by atoms with van der Waals surface area (Å²) in [5.41, 5.74) is 4.08. The first kappa shape index (κ1) is 9.97. The lowest BCUT2D eigenvalue weighted by molar-refractivity contribution is 0.848. The van der Waals surface area contributed by atoms with Gasteiger partial charge in [0.1, 0.15) is 0 Å². The van der Waals surface area contributed by atoms with Crippen LogP contribution in [0.4, 0.5) is 0 Å². The molecule has 1 heterocycles. The van der Waals surface area contributed by atoms with Crippen LogP contribution in [0.1, 0.15) is 18.9 Å². The van der Waals surface area contributed by atoms with Crippen molar-refractivity contribution >= 4 is 6.34 Å². The summed E-state index contributed by atoms with van der Waals surface area (Å²) in [7, 11) is 0. The van der Waals surface area contributed by atoms with E-state index < -0.39 is 0 Å². The lowest BCUT2D eigenvalue weighted by Crippen LogP contribution is -2.17. The van der Waals surface area contributed by atoms with E-state index in [-0.39, 0.29) is 0 Å². The van der Waals surface area contributed by atoms with Gasteiger partial charge in [-0.1, -0.05) is 30.3 Å². The molecule has 0 atom stereocenters. The quantitative estimate of drug-likeness (QED) is 0.796. The van der Waals surface area contributed by atoms with Gasteiger partial charge in [-0.25, -0.2) is 0 Å². The van der Waals surface area contributed by atoms with Gasteiger partial charge in [0, 0.05) is 5.70 Å². The summed E-state index contributed by atoms with van der Waals surface area (Å²) in [6.45, 7) is 2.97. The molecule has 0 amide bonds. The number of nitrogens with one attached hydrogen (secondary N) is 1. The number of rotatable bonds is 3. The molecule has 0 saturated carbocycles. The van der Waals surface area contributed by atoms with E-state index in [2.05, 4.69) is 47.6 Å². The number of benzene rings is 1. The zero-order chi connectivity index (χ0) is 10.5. The van der Waals surface area contributed by atoms with Crippen LogP contribution in [-0.2, 0) is 6.42 Å². The Kier molecular flexibility index (Phi) is 3.18. The summed E-state index contributed by atoms with van der Waals surface area (Å²) < 4.78 is 0. The van der Waals surface area contributed by atoms with Crippen LogP contribution in [0.15, 0.2) is 46.6 Å². The Hall–Kier alpha value is -1.57. The lowest BCUT2D eigenvalue weighted by atomic mass is 10.0.